The maximum atomic E-state index is 13.0. The molecular weight excluding hydrogens is 489 g/mol. The fraction of sp³-hybridized carbons (Fsp3) is 0.500. The van der Waals surface area contributed by atoms with Gasteiger partial charge in [0.15, 0.2) is 0 Å². The van der Waals surface area contributed by atoms with Crippen molar-refractivity contribution in [3.63, 3.8) is 0 Å². The Morgan fingerprint density at radius 3 is 2.47 bits per heavy atom. The largest absolute Gasteiger partial charge is 0.490 e. The van der Waals surface area contributed by atoms with E-state index >= 15 is 0 Å². The first-order valence-electron chi connectivity index (χ1n) is 11.3. The Balaban J connectivity index is 1.29. The third-order valence-corrected chi connectivity index (χ3v) is 8.67. The quantitative estimate of drug-likeness (QED) is 0.469. The molecule has 1 saturated carbocycles. The SMILES string of the molecule is CN(CC1CC(Oc2ccc(CN3CCCC3)c(Cl)c2)C1)S(=O)(=O)c1cccc(C(F)(F)F)c1. The van der Waals surface area contributed by atoms with E-state index in [1.165, 1.54) is 26.0 Å². The zero-order valence-electron chi connectivity index (χ0n) is 18.9. The molecule has 0 unspecified atom stereocenters. The average Bonchev–Trinajstić information content (AvgIpc) is 3.26. The molecule has 5 nitrogen and oxygen atoms in total. The van der Waals surface area contributed by atoms with Crippen LogP contribution in [0.5, 0.6) is 5.75 Å². The van der Waals surface area contributed by atoms with Gasteiger partial charge in [0.1, 0.15) is 5.75 Å². The van der Waals surface area contributed by atoms with Gasteiger partial charge in [-0.25, -0.2) is 12.7 Å². The number of benzene rings is 2. The number of alkyl halides is 3. The Bertz CT molecular complexity index is 1110. The molecule has 2 aromatic carbocycles. The van der Waals surface area contributed by atoms with Gasteiger partial charge in [0.2, 0.25) is 10.0 Å². The lowest BCUT2D eigenvalue weighted by Crippen LogP contribution is -2.41. The maximum Gasteiger partial charge on any atom is 0.416 e. The third kappa shape index (κ3) is 5.87. The molecule has 2 aromatic rings. The zero-order chi connectivity index (χ0) is 24.5. The Hall–Kier alpha value is -1.81. The molecule has 0 atom stereocenters. The number of rotatable bonds is 8. The van der Waals surface area contributed by atoms with E-state index in [9.17, 15) is 21.6 Å². The first-order chi connectivity index (χ1) is 16.0. The Morgan fingerprint density at radius 1 is 1.12 bits per heavy atom. The summed E-state index contributed by atoms with van der Waals surface area (Å²) < 4.78 is 71.5. The topological polar surface area (TPSA) is 49.9 Å². The highest BCUT2D eigenvalue weighted by molar-refractivity contribution is 7.89. The molecule has 0 bridgehead atoms. The fourth-order valence-electron chi connectivity index (χ4n) is 4.50. The monoisotopic (exact) mass is 516 g/mol. The summed E-state index contributed by atoms with van der Waals surface area (Å²) in [6, 6.07) is 9.55. The first kappa shape index (κ1) is 25.3. The number of hydrogen-bond donors (Lipinski definition) is 0. The van der Waals surface area contributed by atoms with Crippen LogP contribution in [-0.4, -0.2) is 50.4 Å². The number of likely N-dealkylation sites (tertiary alicyclic amines) is 1. The van der Waals surface area contributed by atoms with Crippen molar-refractivity contribution >= 4 is 21.6 Å². The number of ether oxygens (including phenoxy) is 1. The molecule has 1 aliphatic carbocycles. The lowest BCUT2D eigenvalue weighted by atomic mass is 9.82. The summed E-state index contributed by atoms with van der Waals surface area (Å²) in [5, 5.41) is 0.673. The summed E-state index contributed by atoms with van der Waals surface area (Å²) in [4.78, 5) is 2.02. The van der Waals surface area contributed by atoms with E-state index < -0.39 is 21.8 Å². The average molecular weight is 517 g/mol. The van der Waals surface area contributed by atoms with Crippen LogP contribution in [-0.2, 0) is 22.7 Å². The van der Waals surface area contributed by atoms with E-state index in [0.717, 1.165) is 41.6 Å². The van der Waals surface area contributed by atoms with Crippen molar-refractivity contribution < 1.29 is 26.3 Å². The van der Waals surface area contributed by atoms with Gasteiger partial charge >= 0.3 is 6.18 Å². The molecule has 0 radical (unpaired) electrons. The molecule has 0 aromatic heterocycles. The number of sulfonamides is 1. The highest BCUT2D eigenvalue weighted by Gasteiger charge is 2.36. The van der Waals surface area contributed by atoms with E-state index in [4.69, 9.17) is 16.3 Å². The van der Waals surface area contributed by atoms with Gasteiger partial charge < -0.3 is 4.74 Å². The molecule has 1 saturated heterocycles. The molecule has 0 amide bonds. The normalized spacial score (nSPS) is 21.6. The van der Waals surface area contributed by atoms with Crippen LogP contribution < -0.4 is 4.74 Å². The second-order valence-electron chi connectivity index (χ2n) is 9.12. The van der Waals surface area contributed by atoms with Crippen LogP contribution in [0.1, 0.15) is 36.8 Å². The lowest BCUT2D eigenvalue weighted by Gasteiger charge is -2.37. The highest BCUT2D eigenvalue weighted by Crippen LogP contribution is 2.35. The summed E-state index contributed by atoms with van der Waals surface area (Å²) in [6.45, 7) is 3.23. The highest BCUT2D eigenvalue weighted by atomic mass is 35.5. The minimum Gasteiger partial charge on any atom is -0.490 e. The fourth-order valence-corrected chi connectivity index (χ4v) is 6.02. The van der Waals surface area contributed by atoms with Crippen LogP contribution in [0, 0.1) is 5.92 Å². The van der Waals surface area contributed by atoms with Crippen molar-refractivity contribution in [3.05, 3.63) is 58.6 Å². The van der Waals surface area contributed by atoms with Crippen molar-refractivity contribution in [2.24, 2.45) is 5.92 Å². The first-order valence-corrected chi connectivity index (χ1v) is 13.2. The predicted molar refractivity (Wildman–Crippen MR) is 124 cm³/mol. The predicted octanol–water partition coefficient (Wildman–Crippen LogP) is 5.43. The number of halogens is 4. The molecule has 1 heterocycles. The van der Waals surface area contributed by atoms with E-state index in [2.05, 4.69) is 4.90 Å². The van der Waals surface area contributed by atoms with E-state index in [-0.39, 0.29) is 23.5 Å². The Kier molecular flexibility index (Phi) is 7.47. The van der Waals surface area contributed by atoms with Crippen molar-refractivity contribution in [2.45, 2.75) is 49.4 Å². The van der Waals surface area contributed by atoms with Crippen molar-refractivity contribution in [3.8, 4) is 5.75 Å². The molecule has 186 valence electrons. The van der Waals surface area contributed by atoms with Gasteiger partial charge in [-0.3, -0.25) is 4.90 Å². The van der Waals surface area contributed by atoms with Crippen LogP contribution in [0.4, 0.5) is 13.2 Å². The molecule has 0 spiro atoms. The van der Waals surface area contributed by atoms with Crippen LogP contribution >= 0.6 is 11.6 Å². The van der Waals surface area contributed by atoms with Gasteiger partial charge in [0, 0.05) is 25.2 Å². The smallest absolute Gasteiger partial charge is 0.416 e. The lowest BCUT2D eigenvalue weighted by molar-refractivity contribution is -0.137. The molecule has 1 aliphatic heterocycles. The number of hydrogen-bond acceptors (Lipinski definition) is 4. The molecule has 2 fully saturated rings. The zero-order valence-corrected chi connectivity index (χ0v) is 20.5. The van der Waals surface area contributed by atoms with Crippen LogP contribution in [0.2, 0.25) is 5.02 Å². The van der Waals surface area contributed by atoms with Gasteiger partial charge in [-0.05, 0) is 80.6 Å². The van der Waals surface area contributed by atoms with Gasteiger partial charge in [0.25, 0.3) is 0 Å². The van der Waals surface area contributed by atoms with Crippen LogP contribution in [0.25, 0.3) is 0 Å². The summed E-state index contributed by atoms with van der Waals surface area (Å²) >= 11 is 6.45. The maximum absolute atomic E-state index is 13.0. The van der Waals surface area contributed by atoms with E-state index in [0.29, 0.717) is 29.7 Å². The van der Waals surface area contributed by atoms with Crippen molar-refractivity contribution in [1.82, 2.24) is 9.21 Å². The van der Waals surface area contributed by atoms with Gasteiger partial charge in [0.05, 0.1) is 16.6 Å². The minimum absolute atomic E-state index is 0.0461. The summed E-state index contributed by atoms with van der Waals surface area (Å²) in [5.41, 5.74) is 0.0908. The molecule has 10 heteroatoms. The standard InChI is InChI=1S/C24H28ClF3N2O3S/c1-29(34(31,32)22-6-4-5-19(13-22)24(26,27)28)15-17-11-21(12-17)33-20-8-7-18(23(25)14-20)16-30-9-2-3-10-30/h4-8,13-14,17,21H,2-3,9-12,15-16H2,1H3. The Morgan fingerprint density at radius 2 is 1.82 bits per heavy atom. The summed E-state index contributed by atoms with van der Waals surface area (Å²) in [6.07, 6.45) is -0.880. The number of nitrogens with zero attached hydrogens (tertiary/aromatic N) is 2. The second-order valence-corrected chi connectivity index (χ2v) is 11.6. The summed E-state index contributed by atoms with van der Waals surface area (Å²) in [7, 11) is -2.63. The van der Waals surface area contributed by atoms with Crippen LogP contribution in [0.15, 0.2) is 47.4 Å². The van der Waals surface area contributed by atoms with Gasteiger partial charge in [-0.2, -0.15) is 13.2 Å². The van der Waals surface area contributed by atoms with E-state index in [1.807, 2.05) is 18.2 Å². The molecule has 2 aliphatic rings. The third-order valence-electron chi connectivity index (χ3n) is 6.50. The molecular formula is C24H28ClF3N2O3S. The molecule has 34 heavy (non-hydrogen) atoms. The van der Waals surface area contributed by atoms with Crippen molar-refractivity contribution in [1.29, 1.82) is 0 Å². The minimum atomic E-state index is -4.60. The second kappa shape index (κ2) is 10.0. The van der Waals surface area contributed by atoms with Crippen molar-refractivity contribution in [2.75, 3.05) is 26.7 Å². The Labute approximate surface area is 203 Å². The van der Waals surface area contributed by atoms with Crippen LogP contribution in [0.3, 0.4) is 0 Å². The van der Waals surface area contributed by atoms with Gasteiger partial charge in [-0.1, -0.05) is 23.7 Å². The van der Waals surface area contributed by atoms with Gasteiger partial charge in [-0.15, -0.1) is 0 Å². The molecule has 4 rings (SSSR count). The summed E-state index contributed by atoms with van der Waals surface area (Å²) in [5.74, 6) is 0.754. The molecule has 0 N–H and O–H groups in total. The van der Waals surface area contributed by atoms with E-state index in [1.54, 1.807) is 0 Å².